The lowest BCUT2D eigenvalue weighted by Crippen LogP contribution is -2.42. The Bertz CT molecular complexity index is 681. The molecule has 3 aliphatic rings. The maximum Gasteiger partial charge on any atom is 0.139 e. The van der Waals surface area contributed by atoms with Crippen molar-refractivity contribution in [2.45, 2.75) is 83.5 Å². The summed E-state index contributed by atoms with van der Waals surface area (Å²) in [6.07, 6.45) is 13.4. The van der Waals surface area contributed by atoms with Gasteiger partial charge in [-0.3, -0.25) is 4.79 Å². The molecule has 4 rings (SSSR count). The summed E-state index contributed by atoms with van der Waals surface area (Å²) in [6, 6.07) is 7.39. The van der Waals surface area contributed by atoms with Gasteiger partial charge in [0.2, 0.25) is 0 Å². The highest BCUT2D eigenvalue weighted by molar-refractivity contribution is 5.87. The Hall–Kier alpha value is -1.15. The molecule has 0 saturated heterocycles. The van der Waals surface area contributed by atoms with Crippen molar-refractivity contribution in [3.63, 3.8) is 0 Å². The second-order valence-electron chi connectivity index (χ2n) is 9.63. The van der Waals surface area contributed by atoms with E-state index in [1.807, 2.05) is 7.05 Å². The molecule has 0 heterocycles. The summed E-state index contributed by atoms with van der Waals surface area (Å²) in [7, 11) is 2.04. The SMILES string of the molecule is CNCCCCCCc1ccc2c(c1)CC[C@@H]1[C@@H]2CC[C@]2(C)C(=O)CC[C@@H]12. The number of hydrogen-bond donors (Lipinski definition) is 1. The maximum absolute atomic E-state index is 12.5. The highest BCUT2D eigenvalue weighted by Gasteiger charge is 2.54. The number of hydrogen-bond acceptors (Lipinski definition) is 2. The number of ketones is 1. The third-order valence-electron chi connectivity index (χ3n) is 8.14. The first kappa shape index (κ1) is 19.2. The third kappa shape index (κ3) is 3.62. The summed E-state index contributed by atoms with van der Waals surface area (Å²) in [4.78, 5) is 12.5. The number of fused-ring (bicyclic) bond motifs is 5. The normalized spacial score (nSPS) is 32.1. The molecule has 0 radical (unpaired) electrons. The van der Waals surface area contributed by atoms with Crippen molar-refractivity contribution in [1.82, 2.24) is 5.32 Å². The van der Waals surface area contributed by atoms with Crippen molar-refractivity contribution in [1.29, 1.82) is 0 Å². The Kier molecular flexibility index (Phi) is 5.73. The van der Waals surface area contributed by atoms with Gasteiger partial charge in [-0.15, -0.1) is 0 Å². The molecule has 1 N–H and O–H groups in total. The first-order valence-electron chi connectivity index (χ1n) is 11.4. The van der Waals surface area contributed by atoms with Gasteiger partial charge >= 0.3 is 0 Å². The van der Waals surface area contributed by atoms with Gasteiger partial charge in [-0.25, -0.2) is 0 Å². The maximum atomic E-state index is 12.5. The van der Waals surface area contributed by atoms with Crippen molar-refractivity contribution in [3.8, 4) is 0 Å². The van der Waals surface area contributed by atoms with E-state index in [4.69, 9.17) is 0 Å². The Morgan fingerprint density at radius 3 is 2.78 bits per heavy atom. The number of aryl methyl sites for hydroxylation is 2. The zero-order valence-electron chi connectivity index (χ0n) is 17.4. The minimum Gasteiger partial charge on any atom is -0.320 e. The summed E-state index contributed by atoms with van der Waals surface area (Å²) in [5.41, 5.74) is 4.80. The molecular formula is C25H37NO. The van der Waals surface area contributed by atoms with Gasteiger partial charge in [0, 0.05) is 11.8 Å². The second kappa shape index (κ2) is 8.07. The lowest BCUT2D eigenvalue weighted by atomic mass is 9.55. The van der Waals surface area contributed by atoms with Crippen LogP contribution in [0.25, 0.3) is 0 Å². The highest BCUT2D eigenvalue weighted by atomic mass is 16.1. The standard InChI is InChI=1S/C25H37NO/c1-25-15-14-21-20-10-8-18(7-5-3-4-6-16-26-2)17-19(20)9-11-22(21)23(25)12-13-24(25)27/h8,10,17,21-23,26H,3-7,9,11-16H2,1-2H3/t21-,22-,23+,25+/m1/s1. The fourth-order valence-electron chi connectivity index (χ4n) is 6.55. The van der Waals surface area contributed by atoms with E-state index >= 15 is 0 Å². The lowest BCUT2D eigenvalue weighted by molar-refractivity contribution is -0.129. The minimum absolute atomic E-state index is 0.00586. The van der Waals surface area contributed by atoms with Crippen LogP contribution in [0, 0.1) is 17.3 Å². The van der Waals surface area contributed by atoms with Crippen LogP contribution >= 0.6 is 0 Å². The van der Waals surface area contributed by atoms with Crippen molar-refractivity contribution < 1.29 is 4.79 Å². The molecule has 4 atom stereocenters. The molecule has 27 heavy (non-hydrogen) atoms. The number of unbranched alkanes of at least 4 members (excludes halogenated alkanes) is 3. The molecule has 2 heteroatoms. The van der Waals surface area contributed by atoms with E-state index in [0.717, 1.165) is 31.7 Å². The first-order chi connectivity index (χ1) is 13.1. The topological polar surface area (TPSA) is 29.1 Å². The summed E-state index contributed by atoms with van der Waals surface area (Å²) < 4.78 is 0. The van der Waals surface area contributed by atoms with Crippen LogP contribution in [0.15, 0.2) is 18.2 Å². The number of carbonyl (C=O) groups is 1. The van der Waals surface area contributed by atoms with Crippen LogP contribution in [-0.2, 0) is 17.6 Å². The molecule has 148 valence electrons. The van der Waals surface area contributed by atoms with Crippen LogP contribution < -0.4 is 5.32 Å². The molecule has 0 spiro atoms. The smallest absolute Gasteiger partial charge is 0.139 e. The third-order valence-corrected chi connectivity index (χ3v) is 8.14. The van der Waals surface area contributed by atoms with Gasteiger partial charge in [-0.1, -0.05) is 38.0 Å². The number of Topliss-reactive ketones (excluding diaryl/α,β-unsaturated/α-hetero) is 1. The zero-order valence-corrected chi connectivity index (χ0v) is 17.4. The number of rotatable bonds is 7. The van der Waals surface area contributed by atoms with Gasteiger partial charge in [0.25, 0.3) is 0 Å². The van der Waals surface area contributed by atoms with Crippen LogP contribution in [0.1, 0.15) is 87.3 Å². The molecule has 2 saturated carbocycles. The molecule has 0 unspecified atom stereocenters. The molecule has 0 aliphatic heterocycles. The second-order valence-corrected chi connectivity index (χ2v) is 9.63. The van der Waals surface area contributed by atoms with Crippen molar-refractivity contribution in [2.75, 3.05) is 13.6 Å². The average molecular weight is 368 g/mol. The summed E-state index contributed by atoms with van der Waals surface area (Å²) in [5, 5.41) is 3.23. The van der Waals surface area contributed by atoms with E-state index in [1.54, 1.807) is 11.1 Å². The Balaban J connectivity index is 1.40. The van der Waals surface area contributed by atoms with E-state index in [1.165, 1.54) is 56.9 Å². The van der Waals surface area contributed by atoms with Gasteiger partial charge in [0.1, 0.15) is 5.78 Å². The van der Waals surface area contributed by atoms with Crippen LogP contribution in [0.4, 0.5) is 0 Å². The summed E-state index contributed by atoms with van der Waals surface area (Å²) in [5.74, 6) is 2.67. The molecule has 3 aliphatic carbocycles. The van der Waals surface area contributed by atoms with E-state index in [-0.39, 0.29) is 5.41 Å². The van der Waals surface area contributed by atoms with Crippen molar-refractivity contribution >= 4 is 5.78 Å². The van der Waals surface area contributed by atoms with Gasteiger partial charge in [0.15, 0.2) is 0 Å². The first-order valence-corrected chi connectivity index (χ1v) is 11.4. The lowest BCUT2D eigenvalue weighted by Gasteiger charge is -2.48. The Labute approximate surface area is 165 Å². The molecule has 2 nitrogen and oxygen atoms in total. The Morgan fingerprint density at radius 1 is 1.07 bits per heavy atom. The summed E-state index contributed by atoms with van der Waals surface area (Å²) in [6.45, 7) is 3.42. The van der Waals surface area contributed by atoms with Crippen LogP contribution in [0.5, 0.6) is 0 Å². The predicted molar refractivity (Wildman–Crippen MR) is 112 cm³/mol. The predicted octanol–water partition coefficient (Wildman–Crippen LogP) is 5.43. The largest absolute Gasteiger partial charge is 0.320 e. The van der Waals surface area contributed by atoms with E-state index < -0.39 is 0 Å². The zero-order chi connectivity index (χ0) is 18.9. The fraction of sp³-hybridized carbons (Fsp3) is 0.720. The molecule has 0 bridgehead atoms. The van der Waals surface area contributed by atoms with E-state index in [2.05, 4.69) is 30.4 Å². The molecule has 2 fully saturated rings. The molecule has 1 aromatic carbocycles. The molecular weight excluding hydrogens is 330 g/mol. The van der Waals surface area contributed by atoms with Gasteiger partial charge < -0.3 is 5.32 Å². The highest BCUT2D eigenvalue weighted by Crippen LogP contribution is 2.59. The average Bonchev–Trinajstić information content (AvgIpc) is 2.99. The monoisotopic (exact) mass is 367 g/mol. The molecule has 0 aromatic heterocycles. The Morgan fingerprint density at radius 2 is 1.93 bits per heavy atom. The van der Waals surface area contributed by atoms with Gasteiger partial charge in [-0.2, -0.15) is 0 Å². The van der Waals surface area contributed by atoms with Gasteiger partial charge in [0.05, 0.1) is 0 Å². The van der Waals surface area contributed by atoms with Crippen molar-refractivity contribution in [3.05, 3.63) is 34.9 Å². The quantitative estimate of drug-likeness (QED) is 0.651. The molecule has 1 aromatic rings. The molecule has 0 amide bonds. The van der Waals surface area contributed by atoms with E-state index in [9.17, 15) is 4.79 Å². The summed E-state index contributed by atoms with van der Waals surface area (Å²) >= 11 is 0. The minimum atomic E-state index is 0.00586. The van der Waals surface area contributed by atoms with Crippen LogP contribution in [0.3, 0.4) is 0 Å². The van der Waals surface area contributed by atoms with E-state index in [0.29, 0.717) is 17.6 Å². The number of nitrogens with one attached hydrogen (secondary N) is 1. The van der Waals surface area contributed by atoms with Crippen molar-refractivity contribution in [2.24, 2.45) is 17.3 Å². The number of carbonyl (C=O) groups excluding carboxylic acids is 1. The van der Waals surface area contributed by atoms with Gasteiger partial charge in [-0.05, 0) is 99.4 Å². The van der Waals surface area contributed by atoms with Crippen LogP contribution in [-0.4, -0.2) is 19.4 Å². The number of benzene rings is 1. The van der Waals surface area contributed by atoms with Crippen LogP contribution in [0.2, 0.25) is 0 Å². The fourth-order valence-corrected chi connectivity index (χ4v) is 6.55.